The van der Waals surface area contributed by atoms with Crippen LogP contribution in [-0.2, 0) is 20.7 Å². The number of allylic oxidation sites excluding steroid dienone is 1. The van der Waals surface area contributed by atoms with Gasteiger partial charge in [-0.2, -0.15) is 0 Å². The number of aryl methyl sites for hydroxylation is 1. The van der Waals surface area contributed by atoms with Crippen molar-refractivity contribution in [2.24, 2.45) is 0 Å². The molecular weight excluding hydrogens is 358 g/mol. The molecule has 0 aliphatic heterocycles. The molecule has 0 spiro atoms. The van der Waals surface area contributed by atoms with E-state index in [0.29, 0.717) is 17.2 Å². The zero-order chi connectivity index (χ0) is 20.4. The van der Waals surface area contributed by atoms with E-state index in [1.54, 1.807) is 12.1 Å². The summed E-state index contributed by atoms with van der Waals surface area (Å²) >= 11 is 0. The molecule has 0 unspecified atom stereocenters. The molecule has 148 valence electrons. The summed E-state index contributed by atoms with van der Waals surface area (Å²) < 4.78 is 15.7. The van der Waals surface area contributed by atoms with Gasteiger partial charge in [-0.25, -0.2) is 4.79 Å². The predicted octanol–water partition coefficient (Wildman–Crippen LogP) is 3.85. The first-order valence-electron chi connectivity index (χ1n) is 9.04. The van der Waals surface area contributed by atoms with E-state index in [4.69, 9.17) is 14.2 Å². The van der Waals surface area contributed by atoms with Crippen LogP contribution in [0.2, 0.25) is 0 Å². The van der Waals surface area contributed by atoms with Gasteiger partial charge in [-0.05, 0) is 42.7 Å². The number of anilines is 1. The lowest BCUT2D eigenvalue weighted by Crippen LogP contribution is -2.24. The maximum atomic E-state index is 12.0. The summed E-state index contributed by atoms with van der Waals surface area (Å²) in [5.41, 5.74) is 2.69. The first-order chi connectivity index (χ1) is 13.6. The largest absolute Gasteiger partial charge is 0.493 e. The number of ether oxygens (including phenoxy) is 3. The fraction of sp³-hybridized carbons (Fsp3) is 0.273. The van der Waals surface area contributed by atoms with Crippen LogP contribution in [0.3, 0.4) is 0 Å². The van der Waals surface area contributed by atoms with Gasteiger partial charge in [0.15, 0.2) is 24.7 Å². The van der Waals surface area contributed by atoms with Gasteiger partial charge in [0, 0.05) is 5.69 Å². The molecule has 0 saturated carbocycles. The molecule has 0 heterocycles. The molecule has 0 atom stereocenters. The van der Waals surface area contributed by atoms with Crippen molar-refractivity contribution < 1.29 is 23.8 Å². The van der Waals surface area contributed by atoms with Gasteiger partial charge in [-0.15, -0.1) is 0 Å². The molecule has 2 aromatic carbocycles. The van der Waals surface area contributed by atoms with Crippen molar-refractivity contribution in [3.8, 4) is 11.5 Å². The summed E-state index contributed by atoms with van der Waals surface area (Å²) in [6.07, 6.45) is 4.63. The van der Waals surface area contributed by atoms with E-state index in [1.165, 1.54) is 7.11 Å². The number of methoxy groups -OCH3 is 1. The van der Waals surface area contributed by atoms with Crippen molar-refractivity contribution >= 4 is 23.6 Å². The van der Waals surface area contributed by atoms with Crippen LogP contribution in [-0.4, -0.2) is 32.2 Å². The van der Waals surface area contributed by atoms with Gasteiger partial charge in [0.2, 0.25) is 0 Å². The zero-order valence-corrected chi connectivity index (χ0v) is 16.4. The normalized spacial score (nSPS) is 10.5. The van der Waals surface area contributed by atoms with Gasteiger partial charge in [-0.3, -0.25) is 4.79 Å². The second-order valence-electron chi connectivity index (χ2n) is 5.92. The van der Waals surface area contributed by atoms with Crippen LogP contribution in [0.15, 0.2) is 48.5 Å². The molecule has 1 N–H and O–H groups in total. The molecule has 2 aromatic rings. The second kappa shape index (κ2) is 10.8. The minimum atomic E-state index is -0.640. The quantitative estimate of drug-likeness (QED) is 0.666. The number of hydrogen-bond donors (Lipinski definition) is 1. The van der Waals surface area contributed by atoms with Crippen molar-refractivity contribution in [1.29, 1.82) is 0 Å². The first-order valence-corrected chi connectivity index (χ1v) is 9.04. The molecule has 0 aromatic heterocycles. The van der Waals surface area contributed by atoms with Crippen molar-refractivity contribution in [3.63, 3.8) is 0 Å². The summed E-state index contributed by atoms with van der Waals surface area (Å²) in [5, 5.41) is 2.74. The van der Waals surface area contributed by atoms with Crippen LogP contribution in [0.4, 0.5) is 5.69 Å². The smallest absolute Gasteiger partial charge is 0.344 e. The Balaban J connectivity index is 1.83. The van der Waals surface area contributed by atoms with Crippen LogP contribution >= 0.6 is 0 Å². The monoisotopic (exact) mass is 383 g/mol. The summed E-state index contributed by atoms with van der Waals surface area (Å²) in [6.45, 7) is 3.22. The molecule has 2 rings (SSSR count). The molecule has 0 bridgehead atoms. The number of esters is 1. The Morgan fingerprint density at radius 1 is 1.07 bits per heavy atom. The van der Waals surface area contributed by atoms with E-state index < -0.39 is 11.9 Å². The standard InChI is InChI=1S/C22H25NO5/c1-4-8-16-11-12-19(20(13-16)26-3)27-15-22(25)28-14-21(24)23-18-10-7-6-9-17(18)5-2/h4,6-13H,5,14-15H2,1-3H3,(H,23,24)/b8-4+. The average Bonchev–Trinajstić information content (AvgIpc) is 2.71. The average molecular weight is 383 g/mol. The maximum Gasteiger partial charge on any atom is 0.344 e. The van der Waals surface area contributed by atoms with E-state index in [1.807, 2.05) is 56.3 Å². The van der Waals surface area contributed by atoms with E-state index in [-0.39, 0.29) is 13.2 Å². The fourth-order valence-electron chi connectivity index (χ4n) is 2.56. The minimum Gasteiger partial charge on any atom is -0.493 e. The lowest BCUT2D eigenvalue weighted by molar-refractivity contribution is -0.149. The number of para-hydroxylation sites is 1. The molecule has 0 aliphatic carbocycles. The lowest BCUT2D eigenvalue weighted by atomic mass is 10.1. The summed E-state index contributed by atoms with van der Waals surface area (Å²) in [4.78, 5) is 23.9. The summed E-state index contributed by atoms with van der Waals surface area (Å²) in [6, 6.07) is 12.9. The molecule has 0 fully saturated rings. The summed E-state index contributed by atoms with van der Waals surface area (Å²) in [7, 11) is 1.53. The van der Waals surface area contributed by atoms with Gasteiger partial charge in [0.1, 0.15) is 0 Å². The van der Waals surface area contributed by atoms with Gasteiger partial charge in [0.25, 0.3) is 5.91 Å². The third-order valence-electron chi connectivity index (χ3n) is 3.93. The Morgan fingerprint density at radius 2 is 1.86 bits per heavy atom. The zero-order valence-electron chi connectivity index (χ0n) is 16.4. The highest BCUT2D eigenvalue weighted by Gasteiger charge is 2.12. The van der Waals surface area contributed by atoms with Crippen LogP contribution < -0.4 is 14.8 Å². The number of rotatable bonds is 9. The number of hydrogen-bond acceptors (Lipinski definition) is 5. The van der Waals surface area contributed by atoms with Crippen molar-refractivity contribution in [2.75, 3.05) is 25.6 Å². The van der Waals surface area contributed by atoms with E-state index >= 15 is 0 Å². The molecule has 0 aliphatic rings. The van der Waals surface area contributed by atoms with Crippen LogP contribution in [0.25, 0.3) is 6.08 Å². The van der Waals surface area contributed by atoms with Crippen molar-refractivity contribution in [2.45, 2.75) is 20.3 Å². The van der Waals surface area contributed by atoms with Crippen molar-refractivity contribution in [3.05, 3.63) is 59.7 Å². The Hall–Kier alpha value is -3.28. The van der Waals surface area contributed by atoms with Gasteiger partial charge >= 0.3 is 5.97 Å². The van der Waals surface area contributed by atoms with Crippen molar-refractivity contribution in [1.82, 2.24) is 0 Å². The molecule has 6 nitrogen and oxygen atoms in total. The second-order valence-corrected chi connectivity index (χ2v) is 5.92. The number of amides is 1. The highest BCUT2D eigenvalue weighted by Crippen LogP contribution is 2.28. The van der Waals surface area contributed by atoms with Crippen LogP contribution in [0, 0.1) is 0 Å². The Labute approximate surface area is 165 Å². The predicted molar refractivity (Wildman–Crippen MR) is 109 cm³/mol. The van der Waals surface area contributed by atoms with Gasteiger partial charge in [-0.1, -0.05) is 43.3 Å². The molecule has 0 saturated heterocycles. The minimum absolute atomic E-state index is 0.321. The number of benzene rings is 2. The first kappa shape index (κ1) is 21.0. The van der Waals surface area contributed by atoms with E-state index in [9.17, 15) is 9.59 Å². The van der Waals surface area contributed by atoms with Crippen LogP contribution in [0.5, 0.6) is 11.5 Å². The summed E-state index contributed by atoms with van der Waals surface area (Å²) in [5.74, 6) is -0.104. The number of carbonyl (C=O) groups is 2. The topological polar surface area (TPSA) is 73.9 Å². The Bertz CT molecular complexity index is 845. The Morgan fingerprint density at radius 3 is 2.57 bits per heavy atom. The molecule has 28 heavy (non-hydrogen) atoms. The highest BCUT2D eigenvalue weighted by molar-refractivity contribution is 5.93. The molecule has 0 radical (unpaired) electrons. The van der Waals surface area contributed by atoms with E-state index in [2.05, 4.69) is 5.32 Å². The van der Waals surface area contributed by atoms with Gasteiger partial charge < -0.3 is 19.5 Å². The highest BCUT2D eigenvalue weighted by atomic mass is 16.6. The number of nitrogens with one attached hydrogen (secondary N) is 1. The molecule has 1 amide bonds. The molecular formula is C22H25NO5. The SMILES string of the molecule is C/C=C/c1ccc(OCC(=O)OCC(=O)Nc2ccccc2CC)c(OC)c1. The van der Waals surface area contributed by atoms with Gasteiger partial charge in [0.05, 0.1) is 7.11 Å². The lowest BCUT2D eigenvalue weighted by Gasteiger charge is -2.12. The Kier molecular flexibility index (Phi) is 8.09. The molecule has 6 heteroatoms. The maximum absolute atomic E-state index is 12.0. The third kappa shape index (κ3) is 6.16. The fourth-order valence-corrected chi connectivity index (χ4v) is 2.56. The van der Waals surface area contributed by atoms with E-state index in [0.717, 1.165) is 17.5 Å². The third-order valence-corrected chi connectivity index (χ3v) is 3.93. The number of carbonyl (C=O) groups excluding carboxylic acids is 2. The van der Waals surface area contributed by atoms with Crippen LogP contribution in [0.1, 0.15) is 25.0 Å².